The lowest BCUT2D eigenvalue weighted by Crippen LogP contribution is -2.41. The number of nitrogens with zero attached hydrogens (tertiary/aromatic N) is 2. The molecular formula is C11H20N2O. The molecule has 2 unspecified atom stereocenters. The van der Waals surface area contributed by atoms with Gasteiger partial charge in [-0.3, -0.25) is 4.90 Å². The highest BCUT2D eigenvalue weighted by Crippen LogP contribution is 2.22. The second-order valence-corrected chi connectivity index (χ2v) is 4.33. The van der Waals surface area contributed by atoms with E-state index in [-0.39, 0.29) is 6.10 Å². The van der Waals surface area contributed by atoms with E-state index in [1.54, 1.807) is 0 Å². The van der Waals surface area contributed by atoms with Crippen molar-refractivity contribution in [2.45, 2.75) is 45.3 Å². The number of aliphatic hydroxyl groups excluding tert-OH is 1. The van der Waals surface area contributed by atoms with Crippen LogP contribution in [0, 0.1) is 17.2 Å². The average Bonchev–Trinajstić information content (AvgIpc) is 2.18. The van der Waals surface area contributed by atoms with E-state index >= 15 is 0 Å². The van der Waals surface area contributed by atoms with Crippen LogP contribution >= 0.6 is 0 Å². The van der Waals surface area contributed by atoms with Gasteiger partial charge < -0.3 is 5.11 Å². The SMILES string of the molecule is CC(O)C1CCN(C(C)CC#N)CC1. The number of nitriles is 1. The lowest BCUT2D eigenvalue weighted by molar-refractivity contribution is 0.0594. The van der Waals surface area contributed by atoms with Crippen LogP contribution in [0.3, 0.4) is 0 Å². The summed E-state index contributed by atoms with van der Waals surface area (Å²) in [5, 5.41) is 18.0. The number of rotatable bonds is 3. The van der Waals surface area contributed by atoms with E-state index in [0.717, 1.165) is 25.9 Å². The Balaban J connectivity index is 2.32. The standard InChI is InChI=1S/C11H20N2O/c1-9(3-6-12)13-7-4-11(5-8-13)10(2)14/h9-11,14H,3-5,7-8H2,1-2H3. The molecule has 14 heavy (non-hydrogen) atoms. The van der Waals surface area contributed by atoms with E-state index in [1.807, 2.05) is 6.92 Å². The molecule has 0 amide bonds. The molecule has 0 aromatic carbocycles. The van der Waals surface area contributed by atoms with Crippen LogP contribution in [0.1, 0.15) is 33.1 Å². The fourth-order valence-electron chi connectivity index (χ4n) is 2.10. The zero-order valence-electron chi connectivity index (χ0n) is 9.11. The Morgan fingerprint density at radius 3 is 2.43 bits per heavy atom. The van der Waals surface area contributed by atoms with Gasteiger partial charge in [-0.05, 0) is 45.7 Å². The minimum Gasteiger partial charge on any atom is -0.393 e. The van der Waals surface area contributed by atoms with Gasteiger partial charge in [-0.15, -0.1) is 0 Å². The van der Waals surface area contributed by atoms with Crippen molar-refractivity contribution in [1.82, 2.24) is 4.90 Å². The lowest BCUT2D eigenvalue weighted by atomic mass is 9.91. The lowest BCUT2D eigenvalue weighted by Gasteiger charge is -2.36. The average molecular weight is 196 g/mol. The van der Waals surface area contributed by atoms with Crippen molar-refractivity contribution in [3.63, 3.8) is 0 Å². The molecule has 0 bridgehead atoms. The van der Waals surface area contributed by atoms with Crippen molar-refractivity contribution < 1.29 is 5.11 Å². The largest absolute Gasteiger partial charge is 0.393 e. The Morgan fingerprint density at radius 2 is 2.00 bits per heavy atom. The van der Waals surface area contributed by atoms with Crippen molar-refractivity contribution >= 4 is 0 Å². The van der Waals surface area contributed by atoms with Crippen molar-refractivity contribution in [1.29, 1.82) is 5.26 Å². The number of hydrogen-bond acceptors (Lipinski definition) is 3. The maximum atomic E-state index is 9.43. The third kappa shape index (κ3) is 2.97. The third-order valence-electron chi connectivity index (χ3n) is 3.27. The first-order chi connectivity index (χ1) is 6.65. The van der Waals surface area contributed by atoms with Gasteiger partial charge in [0.2, 0.25) is 0 Å². The van der Waals surface area contributed by atoms with E-state index in [0.29, 0.717) is 18.4 Å². The quantitative estimate of drug-likeness (QED) is 0.742. The predicted molar refractivity (Wildman–Crippen MR) is 55.7 cm³/mol. The summed E-state index contributed by atoms with van der Waals surface area (Å²) in [4.78, 5) is 2.35. The number of likely N-dealkylation sites (tertiary alicyclic amines) is 1. The highest BCUT2D eigenvalue weighted by atomic mass is 16.3. The Bertz CT molecular complexity index is 202. The summed E-state index contributed by atoms with van der Waals surface area (Å²) in [6.45, 7) is 6.03. The van der Waals surface area contributed by atoms with Crippen LogP contribution in [0.2, 0.25) is 0 Å². The molecule has 80 valence electrons. The van der Waals surface area contributed by atoms with Crippen molar-refractivity contribution in [3.05, 3.63) is 0 Å². The van der Waals surface area contributed by atoms with Crippen LogP contribution < -0.4 is 0 Å². The van der Waals surface area contributed by atoms with Gasteiger partial charge >= 0.3 is 0 Å². The van der Waals surface area contributed by atoms with Gasteiger partial charge in [0.25, 0.3) is 0 Å². The molecule has 1 rings (SSSR count). The van der Waals surface area contributed by atoms with Crippen LogP contribution in [-0.4, -0.2) is 35.2 Å². The van der Waals surface area contributed by atoms with Gasteiger partial charge in [0, 0.05) is 6.04 Å². The summed E-state index contributed by atoms with van der Waals surface area (Å²) >= 11 is 0. The summed E-state index contributed by atoms with van der Waals surface area (Å²) < 4.78 is 0. The summed E-state index contributed by atoms with van der Waals surface area (Å²) in [5.41, 5.74) is 0. The van der Waals surface area contributed by atoms with Crippen LogP contribution in [0.25, 0.3) is 0 Å². The molecule has 1 fully saturated rings. The number of aliphatic hydroxyl groups is 1. The van der Waals surface area contributed by atoms with Gasteiger partial charge in [-0.25, -0.2) is 0 Å². The van der Waals surface area contributed by atoms with Gasteiger partial charge in [-0.1, -0.05) is 0 Å². The first kappa shape index (κ1) is 11.5. The molecule has 0 spiro atoms. The maximum Gasteiger partial charge on any atom is 0.0638 e. The normalized spacial score (nSPS) is 24.1. The fourth-order valence-corrected chi connectivity index (χ4v) is 2.10. The second-order valence-electron chi connectivity index (χ2n) is 4.33. The molecular weight excluding hydrogens is 176 g/mol. The molecule has 2 atom stereocenters. The Labute approximate surface area is 86.3 Å². The topological polar surface area (TPSA) is 47.3 Å². The molecule has 0 aromatic rings. The first-order valence-electron chi connectivity index (χ1n) is 5.44. The van der Waals surface area contributed by atoms with Gasteiger partial charge in [0.1, 0.15) is 0 Å². The van der Waals surface area contributed by atoms with Gasteiger partial charge in [-0.2, -0.15) is 5.26 Å². The van der Waals surface area contributed by atoms with E-state index in [4.69, 9.17) is 5.26 Å². The molecule has 0 aliphatic carbocycles. The second kappa shape index (κ2) is 5.33. The minimum absolute atomic E-state index is 0.177. The van der Waals surface area contributed by atoms with E-state index in [1.165, 1.54) is 0 Å². The molecule has 1 heterocycles. The fraction of sp³-hybridized carbons (Fsp3) is 0.909. The molecule has 1 aliphatic heterocycles. The van der Waals surface area contributed by atoms with E-state index in [2.05, 4.69) is 17.9 Å². The zero-order chi connectivity index (χ0) is 10.6. The van der Waals surface area contributed by atoms with Crippen molar-refractivity contribution in [2.24, 2.45) is 5.92 Å². The third-order valence-corrected chi connectivity index (χ3v) is 3.27. The Hall–Kier alpha value is -0.590. The monoisotopic (exact) mass is 196 g/mol. The predicted octanol–water partition coefficient (Wildman–Crippen LogP) is 1.38. The summed E-state index contributed by atoms with van der Waals surface area (Å²) in [6, 6.07) is 2.58. The molecule has 1 N–H and O–H groups in total. The van der Waals surface area contributed by atoms with Crippen LogP contribution in [0.4, 0.5) is 0 Å². The van der Waals surface area contributed by atoms with Crippen LogP contribution in [0.15, 0.2) is 0 Å². The highest BCUT2D eigenvalue weighted by Gasteiger charge is 2.24. The van der Waals surface area contributed by atoms with Crippen LogP contribution in [-0.2, 0) is 0 Å². The number of hydrogen-bond donors (Lipinski definition) is 1. The molecule has 0 saturated carbocycles. The van der Waals surface area contributed by atoms with Crippen molar-refractivity contribution in [2.75, 3.05) is 13.1 Å². The van der Waals surface area contributed by atoms with Gasteiger partial charge in [0.15, 0.2) is 0 Å². The van der Waals surface area contributed by atoms with E-state index in [9.17, 15) is 5.11 Å². The maximum absolute atomic E-state index is 9.43. The Kier molecular flexibility index (Phi) is 4.37. The number of piperidine rings is 1. The molecule has 0 radical (unpaired) electrons. The minimum atomic E-state index is -0.177. The summed E-state index contributed by atoms with van der Waals surface area (Å²) in [5.74, 6) is 0.459. The molecule has 0 aromatic heterocycles. The zero-order valence-corrected chi connectivity index (χ0v) is 9.11. The molecule has 3 heteroatoms. The molecule has 1 saturated heterocycles. The van der Waals surface area contributed by atoms with E-state index < -0.39 is 0 Å². The first-order valence-corrected chi connectivity index (χ1v) is 5.44. The van der Waals surface area contributed by atoms with Gasteiger partial charge in [0.05, 0.1) is 18.6 Å². The smallest absolute Gasteiger partial charge is 0.0638 e. The molecule has 3 nitrogen and oxygen atoms in total. The molecule has 1 aliphatic rings. The highest BCUT2D eigenvalue weighted by molar-refractivity contribution is 4.83. The summed E-state index contributed by atoms with van der Waals surface area (Å²) in [6.07, 6.45) is 2.56. The van der Waals surface area contributed by atoms with Crippen molar-refractivity contribution in [3.8, 4) is 6.07 Å². The summed E-state index contributed by atoms with van der Waals surface area (Å²) in [7, 11) is 0. The van der Waals surface area contributed by atoms with Crippen LogP contribution in [0.5, 0.6) is 0 Å². The Morgan fingerprint density at radius 1 is 1.43 bits per heavy atom.